The van der Waals surface area contributed by atoms with Crippen LogP contribution in [0.5, 0.6) is 0 Å². The maximum atomic E-state index is 12.7. The number of fused-ring (bicyclic) bond motifs is 1. The molecule has 0 bridgehead atoms. The van der Waals surface area contributed by atoms with Crippen LogP contribution in [-0.2, 0) is 26.1 Å². The zero-order valence-electron chi connectivity index (χ0n) is 23.2. The Kier molecular flexibility index (Phi) is 10.7. The number of ketones is 1. The van der Waals surface area contributed by atoms with Crippen LogP contribution in [0, 0.1) is 6.57 Å². The van der Waals surface area contributed by atoms with Crippen molar-refractivity contribution in [1.29, 1.82) is 0 Å². The minimum absolute atomic E-state index is 0.148. The van der Waals surface area contributed by atoms with Crippen LogP contribution in [0.3, 0.4) is 0 Å². The Morgan fingerprint density at radius 3 is 2.41 bits per heavy atom. The van der Waals surface area contributed by atoms with Crippen LogP contribution in [-0.4, -0.2) is 63.6 Å². The number of methoxy groups -OCH3 is 1. The maximum absolute atomic E-state index is 12.7. The molecular formula is C32H39N3O4. The monoisotopic (exact) mass is 529 g/mol. The molecule has 2 heterocycles. The molecule has 1 aromatic heterocycles. The molecule has 2 aromatic carbocycles. The number of ether oxygens (including phenoxy) is 3. The van der Waals surface area contributed by atoms with Gasteiger partial charge in [-0.3, -0.25) is 0 Å². The molecule has 0 unspecified atom stereocenters. The van der Waals surface area contributed by atoms with E-state index in [1.54, 1.807) is 13.2 Å². The summed E-state index contributed by atoms with van der Waals surface area (Å²) in [4.78, 5) is 18.7. The lowest BCUT2D eigenvalue weighted by Gasteiger charge is -2.29. The van der Waals surface area contributed by atoms with Gasteiger partial charge in [0.1, 0.15) is 0 Å². The van der Waals surface area contributed by atoms with Gasteiger partial charge in [0.25, 0.3) is 0 Å². The van der Waals surface area contributed by atoms with E-state index in [0.717, 1.165) is 30.0 Å². The third kappa shape index (κ3) is 7.79. The van der Waals surface area contributed by atoms with E-state index in [-0.39, 0.29) is 17.9 Å². The number of anilines is 1. The second-order valence-electron chi connectivity index (χ2n) is 9.88. The molecule has 39 heavy (non-hydrogen) atoms. The Morgan fingerprint density at radius 2 is 1.64 bits per heavy atom. The van der Waals surface area contributed by atoms with E-state index in [4.69, 9.17) is 20.8 Å². The standard InChI is InChI=1S/C32H39N3O4/c1-33-30(32(36)8-7-17-38-20-21-39-19-18-37-3)24-28-13-14-31(34(28)2)27-10-9-26-23-29(12-11-25(26)22-27)35-15-5-4-6-16-35/h9-14,22-24H,4-8,15-21H2,2-3H3/b30-24-. The summed E-state index contributed by atoms with van der Waals surface area (Å²) in [5.41, 5.74) is 4.43. The number of hydrogen-bond acceptors (Lipinski definition) is 5. The third-order valence-electron chi connectivity index (χ3n) is 7.19. The third-order valence-corrected chi connectivity index (χ3v) is 7.19. The van der Waals surface area contributed by atoms with Crippen LogP contribution in [0.2, 0.25) is 0 Å². The van der Waals surface area contributed by atoms with Gasteiger partial charge in [-0.25, -0.2) is 4.85 Å². The van der Waals surface area contributed by atoms with E-state index in [9.17, 15) is 4.79 Å². The molecule has 3 aromatic rings. The van der Waals surface area contributed by atoms with Gasteiger partial charge in [0.15, 0.2) is 5.78 Å². The van der Waals surface area contributed by atoms with E-state index in [1.807, 2.05) is 23.7 Å². The Morgan fingerprint density at radius 1 is 0.923 bits per heavy atom. The van der Waals surface area contributed by atoms with Gasteiger partial charge in [0.05, 0.1) is 33.0 Å². The van der Waals surface area contributed by atoms with E-state index >= 15 is 0 Å². The normalized spacial score (nSPS) is 14.1. The highest BCUT2D eigenvalue weighted by Gasteiger charge is 2.14. The minimum atomic E-state index is -0.164. The molecule has 0 spiro atoms. The number of carbonyl (C=O) groups is 1. The molecule has 1 saturated heterocycles. The summed E-state index contributed by atoms with van der Waals surface area (Å²) < 4.78 is 17.8. The zero-order valence-corrected chi connectivity index (χ0v) is 23.2. The number of piperidine rings is 1. The predicted molar refractivity (Wildman–Crippen MR) is 157 cm³/mol. The summed E-state index contributed by atoms with van der Waals surface area (Å²) >= 11 is 0. The summed E-state index contributed by atoms with van der Waals surface area (Å²) in [6.45, 7) is 12.4. The van der Waals surface area contributed by atoms with Crippen LogP contribution in [0.15, 0.2) is 54.2 Å². The highest BCUT2D eigenvalue weighted by Crippen LogP contribution is 2.30. The fourth-order valence-electron chi connectivity index (χ4n) is 4.95. The number of benzene rings is 2. The highest BCUT2D eigenvalue weighted by molar-refractivity contribution is 6.01. The zero-order chi connectivity index (χ0) is 27.5. The lowest BCUT2D eigenvalue weighted by molar-refractivity contribution is -0.115. The second kappa shape index (κ2) is 14.6. The van der Waals surface area contributed by atoms with Gasteiger partial charge in [0, 0.05) is 57.3 Å². The van der Waals surface area contributed by atoms with Gasteiger partial charge < -0.3 is 28.5 Å². The number of nitrogens with zero attached hydrogens (tertiary/aromatic N) is 3. The first kappa shape index (κ1) is 28.6. The van der Waals surface area contributed by atoms with Crippen LogP contribution in [0.4, 0.5) is 5.69 Å². The molecule has 0 N–H and O–H groups in total. The molecule has 0 aliphatic carbocycles. The Balaban J connectivity index is 1.36. The first-order chi connectivity index (χ1) is 19.1. The van der Waals surface area contributed by atoms with Gasteiger partial charge in [0.2, 0.25) is 5.70 Å². The Bertz CT molecular complexity index is 1310. The molecule has 1 aliphatic heterocycles. The Hall–Kier alpha value is -3.44. The fraction of sp³-hybridized carbons (Fsp3) is 0.438. The first-order valence-corrected chi connectivity index (χ1v) is 13.8. The molecule has 1 fully saturated rings. The summed E-state index contributed by atoms with van der Waals surface area (Å²) in [5, 5.41) is 2.44. The first-order valence-electron chi connectivity index (χ1n) is 13.8. The molecule has 7 nitrogen and oxygen atoms in total. The summed E-state index contributed by atoms with van der Waals surface area (Å²) in [6.07, 6.45) is 6.40. The topological polar surface area (TPSA) is 57.3 Å². The van der Waals surface area contributed by atoms with Crippen molar-refractivity contribution >= 4 is 28.3 Å². The van der Waals surface area contributed by atoms with Crippen molar-refractivity contribution in [2.75, 3.05) is 58.1 Å². The van der Waals surface area contributed by atoms with Gasteiger partial charge in [-0.1, -0.05) is 18.2 Å². The largest absolute Gasteiger partial charge is 0.382 e. The van der Waals surface area contributed by atoms with Crippen LogP contribution in [0.1, 0.15) is 37.8 Å². The van der Waals surface area contributed by atoms with Crippen molar-refractivity contribution in [1.82, 2.24) is 4.57 Å². The molecular weight excluding hydrogens is 490 g/mol. The quantitative estimate of drug-likeness (QED) is 0.143. The van der Waals surface area contributed by atoms with E-state index < -0.39 is 0 Å². The summed E-state index contributed by atoms with van der Waals surface area (Å²) in [5.74, 6) is -0.164. The molecule has 0 radical (unpaired) electrons. The maximum Gasteiger partial charge on any atom is 0.231 e. The summed E-state index contributed by atoms with van der Waals surface area (Å²) in [6, 6.07) is 17.3. The van der Waals surface area contributed by atoms with E-state index in [1.165, 1.54) is 35.7 Å². The van der Waals surface area contributed by atoms with E-state index in [0.29, 0.717) is 39.5 Å². The van der Waals surface area contributed by atoms with Crippen LogP contribution >= 0.6 is 0 Å². The number of carbonyl (C=O) groups excluding carboxylic acids is 1. The van der Waals surface area contributed by atoms with Gasteiger partial charge >= 0.3 is 0 Å². The van der Waals surface area contributed by atoms with Crippen LogP contribution in [0.25, 0.3) is 33.0 Å². The number of aromatic nitrogens is 1. The molecule has 0 saturated carbocycles. The van der Waals surface area contributed by atoms with Crippen molar-refractivity contribution < 1.29 is 19.0 Å². The lowest BCUT2D eigenvalue weighted by Crippen LogP contribution is -2.29. The van der Waals surface area contributed by atoms with Crippen molar-refractivity contribution in [3.8, 4) is 11.3 Å². The molecule has 1 aliphatic rings. The SMILES string of the molecule is [C-]#[N+]/C(=C\c1ccc(-c2ccc3cc(N4CCCCC4)ccc3c2)n1C)C(=O)CCCOCCOCCOC. The molecule has 4 rings (SSSR count). The van der Waals surface area contributed by atoms with Crippen LogP contribution < -0.4 is 4.90 Å². The van der Waals surface area contributed by atoms with Crippen molar-refractivity contribution in [3.05, 3.63) is 71.3 Å². The van der Waals surface area contributed by atoms with E-state index in [2.05, 4.69) is 46.1 Å². The van der Waals surface area contributed by atoms with Crippen molar-refractivity contribution in [2.45, 2.75) is 32.1 Å². The predicted octanol–water partition coefficient (Wildman–Crippen LogP) is 6.12. The highest BCUT2D eigenvalue weighted by atomic mass is 16.5. The van der Waals surface area contributed by atoms with Crippen molar-refractivity contribution in [3.63, 3.8) is 0 Å². The smallest absolute Gasteiger partial charge is 0.231 e. The number of rotatable bonds is 14. The molecule has 7 heteroatoms. The number of hydrogen-bond donors (Lipinski definition) is 0. The average molecular weight is 530 g/mol. The molecule has 0 atom stereocenters. The Labute approximate surface area is 231 Å². The van der Waals surface area contributed by atoms with Crippen molar-refractivity contribution in [2.24, 2.45) is 7.05 Å². The van der Waals surface area contributed by atoms with Gasteiger partial charge in [-0.05, 0) is 78.4 Å². The number of allylic oxidation sites excluding steroid dienone is 1. The summed E-state index contributed by atoms with van der Waals surface area (Å²) in [7, 11) is 3.61. The lowest BCUT2D eigenvalue weighted by atomic mass is 10.0. The number of Topliss-reactive ketones (excluding diaryl/α,β-unsaturated/α-hetero) is 1. The van der Waals surface area contributed by atoms with Gasteiger partial charge in [-0.2, -0.15) is 0 Å². The second-order valence-corrected chi connectivity index (χ2v) is 9.88. The van der Waals surface area contributed by atoms with Gasteiger partial charge in [-0.15, -0.1) is 0 Å². The molecule has 206 valence electrons. The minimum Gasteiger partial charge on any atom is -0.382 e. The molecule has 0 amide bonds. The average Bonchev–Trinajstić information content (AvgIpc) is 3.34. The fourth-order valence-corrected chi connectivity index (χ4v) is 4.95.